The summed E-state index contributed by atoms with van der Waals surface area (Å²) >= 11 is 0. The Kier molecular flexibility index (Phi) is 6.23. The molecule has 5 aromatic rings. The first-order valence-corrected chi connectivity index (χ1v) is 10.4. The van der Waals surface area contributed by atoms with Crippen LogP contribution >= 0.6 is 0 Å². The second-order valence-electron chi connectivity index (χ2n) is 7.56. The van der Waals surface area contributed by atoms with Crippen molar-refractivity contribution in [2.45, 2.75) is 32.4 Å². The normalized spacial score (nSPS) is 12.2. The smallest absolute Gasteiger partial charge is 0.245 e. The first kappa shape index (κ1) is 20.7. The number of aromatic nitrogens is 2. The summed E-state index contributed by atoms with van der Waals surface area (Å²) in [4.78, 5) is 0. The summed E-state index contributed by atoms with van der Waals surface area (Å²) in [5.41, 5.74) is 4.63. The molecule has 0 fully saturated rings. The van der Waals surface area contributed by atoms with Crippen molar-refractivity contribution in [3.63, 3.8) is 0 Å². The molecular formula is C26H25IN2O. The summed E-state index contributed by atoms with van der Waals surface area (Å²) in [6.45, 7) is 3.26. The molecule has 0 saturated carbocycles. The minimum absolute atomic E-state index is 0. The second kappa shape index (κ2) is 9.04. The second-order valence-corrected chi connectivity index (χ2v) is 7.56. The van der Waals surface area contributed by atoms with E-state index in [0.717, 1.165) is 23.3 Å². The van der Waals surface area contributed by atoms with Crippen LogP contribution in [-0.2, 0) is 6.54 Å². The van der Waals surface area contributed by atoms with Gasteiger partial charge >= 0.3 is 0 Å². The van der Waals surface area contributed by atoms with Gasteiger partial charge in [-0.3, -0.25) is 0 Å². The Balaban J connectivity index is 0.00000218. The van der Waals surface area contributed by atoms with Gasteiger partial charge in [-0.15, -0.1) is 0 Å². The molecule has 2 heterocycles. The number of unbranched alkanes of at least 4 members (excludes halogenated alkanes) is 1. The number of fused-ring (bicyclic) bond motifs is 2. The van der Waals surface area contributed by atoms with Crippen molar-refractivity contribution in [1.82, 2.24) is 4.57 Å². The molecule has 0 aliphatic heterocycles. The highest BCUT2D eigenvalue weighted by molar-refractivity contribution is 5.78. The fourth-order valence-corrected chi connectivity index (χ4v) is 4.15. The number of aryl methyl sites for hydroxylation is 1. The number of benzene rings is 3. The molecule has 0 aliphatic rings. The number of para-hydroxylation sites is 3. The quantitative estimate of drug-likeness (QED) is 0.255. The predicted octanol–water partition coefficient (Wildman–Crippen LogP) is 3.12. The van der Waals surface area contributed by atoms with Gasteiger partial charge in [-0.1, -0.05) is 74.0 Å². The van der Waals surface area contributed by atoms with Crippen molar-refractivity contribution < 1.29 is 33.0 Å². The maximum atomic E-state index is 6.35. The van der Waals surface area contributed by atoms with E-state index in [2.05, 4.69) is 95.2 Å². The van der Waals surface area contributed by atoms with Crippen LogP contribution in [-0.4, -0.2) is 4.57 Å². The summed E-state index contributed by atoms with van der Waals surface area (Å²) in [5, 5.41) is 1.14. The van der Waals surface area contributed by atoms with Gasteiger partial charge < -0.3 is 28.4 Å². The van der Waals surface area contributed by atoms with E-state index in [1.54, 1.807) is 0 Å². The van der Waals surface area contributed by atoms with Crippen LogP contribution < -0.4 is 28.5 Å². The zero-order valence-corrected chi connectivity index (χ0v) is 19.2. The molecule has 5 rings (SSSR count). The van der Waals surface area contributed by atoms with E-state index >= 15 is 0 Å². The van der Waals surface area contributed by atoms with Crippen LogP contribution in [0.15, 0.2) is 95.7 Å². The lowest BCUT2D eigenvalue weighted by atomic mass is 10.0. The molecule has 3 aromatic carbocycles. The third-order valence-corrected chi connectivity index (χ3v) is 5.59. The van der Waals surface area contributed by atoms with Crippen LogP contribution in [0.25, 0.3) is 22.0 Å². The van der Waals surface area contributed by atoms with E-state index < -0.39 is 0 Å². The van der Waals surface area contributed by atoms with Crippen molar-refractivity contribution in [1.29, 1.82) is 0 Å². The number of hydrogen-bond donors (Lipinski definition) is 0. The number of rotatable bonds is 6. The van der Waals surface area contributed by atoms with Gasteiger partial charge in [0, 0.05) is 10.9 Å². The molecule has 3 nitrogen and oxygen atoms in total. The standard InChI is InChI=1S/C26H25N2O.HI/c1-2-3-17-27-19-28(23-15-9-8-14-22(23)27)26(20-11-5-4-6-12-20)25-18-21-13-7-10-16-24(21)29-25;/h4-16,18-19,26H,2-3,17H2,1H3;1H/q+1;/p-1. The van der Waals surface area contributed by atoms with Gasteiger partial charge in [-0.05, 0) is 30.7 Å². The number of nitrogens with zero attached hydrogens (tertiary/aromatic N) is 2. The average molecular weight is 508 g/mol. The molecule has 0 radical (unpaired) electrons. The highest BCUT2D eigenvalue weighted by atomic mass is 127. The fraction of sp³-hybridized carbons (Fsp3) is 0.192. The highest BCUT2D eigenvalue weighted by Gasteiger charge is 2.28. The van der Waals surface area contributed by atoms with E-state index in [0.29, 0.717) is 0 Å². The van der Waals surface area contributed by atoms with Crippen molar-refractivity contribution >= 4 is 22.0 Å². The summed E-state index contributed by atoms with van der Waals surface area (Å²) < 4.78 is 11.1. The van der Waals surface area contributed by atoms with E-state index in [1.165, 1.54) is 29.4 Å². The Bertz CT molecular complexity index is 1220. The minimum Gasteiger partial charge on any atom is -1.00 e. The largest absolute Gasteiger partial charge is 1.00 e. The maximum Gasteiger partial charge on any atom is 0.245 e. The fourth-order valence-electron chi connectivity index (χ4n) is 4.15. The summed E-state index contributed by atoms with van der Waals surface area (Å²) in [5.74, 6) is 0.959. The lowest BCUT2D eigenvalue weighted by Crippen LogP contribution is -3.00. The van der Waals surface area contributed by atoms with Crippen molar-refractivity contribution in [2.24, 2.45) is 0 Å². The molecule has 1 unspecified atom stereocenters. The van der Waals surface area contributed by atoms with Crippen LogP contribution in [0.3, 0.4) is 0 Å². The summed E-state index contributed by atoms with van der Waals surface area (Å²) in [6.07, 6.45) is 4.60. The third kappa shape index (κ3) is 3.76. The number of imidazole rings is 1. The number of halogens is 1. The lowest BCUT2D eigenvalue weighted by molar-refractivity contribution is -0.672. The first-order valence-electron chi connectivity index (χ1n) is 10.4. The summed E-state index contributed by atoms with van der Waals surface area (Å²) in [7, 11) is 0. The van der Waals surface area contributed by atoms with Crippen LogP contribution in [0.2, 0.25) is 0 Å². The Morgan fingerprint density at radius 1 is 0.900 bits per heavy atom. The monoisotopic (exact) mass is 508 g/mol. The Morgan fingerprint density at radius 2 is 1.63 bits per heavy atom. The Labute approximate surface area is 194 Å². The molecular weight excluding hydrogens is 483 g/mol. The van der Waals surface area contributed by atoms with Gasteiger partial charge in [0.05, 0.1) is 6.54 Å². The number of furan rings is 1. The van der Waals surface area contributed by atoms with Gasteiger partial charge in [-0.2, -0.15) is 0 Å². The average Bonchev–Trinajstić information content (AvgIpc) is 3.35. The van der Waals surface area contributed by atoms with Crippen LogP contribution in [0.5, 0.6) is 0 Å². The van der Waals surface area contributed by atoms with E-state index in [4.69, 9.17) is 4.42 Å². The SMILES string of the molecule is CCCC[n+]1cn(C(c2ccccc2)c2cc3ccccc3o2)c2ccccc21.[I-]. The van der Waals surface area contributed by atoms with Crippen molar-refractivity contribution in [2.75, 3.05) is 0 Å². The molecule has 0 saturated heterocycles. The van der Waals surface area contributed by atoms with Gasteiger partial charge in [0.1, 0.15) is 5.58 Å². The maximum absolute atomic E-state index is 6.35. The zero-order chi connectivity index (χ0) is 19.6. The lowest BCUT2D eigenvalue weighted by Gasteiger charge is -2.12. The van der Waals surface area contributed by atoms with E-state index in [9.17, 15) is 0 Å². The minimum atomic E-state index is -0.0172. The van der Waals surface area contributed by atoms with Gasteiger partial charge in [0.15, 0.2) is 22.8 Å². The van der Waals surface area contributed by atoms with Crippen LogP contribution in [0, 0.1) is 0 Å². The molecule has 0 spiro atoms. The molecule has 1 atom stereocenters. The predicted molar refractivity (Wildman–Crippen MR) is 117 cm³/mol. The molecule has 0 bridgehead atoms. The van der Waals surface area contributed by atoms with Crippen molar-refractivity contribution in [3.05, 3.63) is 103 Å². The zero-order valence-electron chi connectivity index (χ0n) is 17.0. The molecule has 2 aromatic heterocycles. The Morgan fingerprint density at radius 3 is 2.43 bits per heavy atom. The molecule has 0 aliphatic carbocycles. The van der Waals surface area contributed by atoms with Gasteiger partial charge in [-0.25, -0.2) is 9.13 Å². The van der Waals surface area contributed by atoms with Gasteiger partial charge in [0.25, 0.3) is 0 Å². The third-order valence-electron chi connectivity index (χ3n) is 5.59. The van der Waals surface area contributed by atoms with E-state index in [1.807, 2.05) is 12.1 Å². The van der Waals surface area contributed by atoms with Crippen LogP contribution in [0.1, 0.15) is 37.1 Å². The topological polar surface area (TPSA) is 21.9 Å². The molecule has 4 heteroatoms. The number of hydrogen-bond acceptors (Lipinski definition) is 1. The highest BCUT2D eigenvalue weighted by Crippen LogP contribution is 2.33. The molecule has 0 N–H and O–H groups in total. The first-order chi connectivity index (χ1) is 14.3. The van der Waals surface area contributed by atoms with Crippen LogP contribution in [0.4, 0.5) is 0 Å². The molecule has 30 heavy (non-hydrogen) atoms. The molecule has 0 amide bonds. The Hall–Kier alpha value is -2.60. The molecule has 152 valence electrons. The van der Waals surface area contributed by atoms with E-state index in [-0.39, 0.29) is 30.0 Å². The van der Waals surface area contributed by atoms with Crippen molar-refractivity contribution in [3.8, 4) is 0 Å². The van der Waals surface area contributed by atoms with Gasteiger partial charge in [0.2, 0.25) is 6.33 Å². The summed E-state index contributed by atoms with van der Waals surface area (Å²) in [6, 6.07) is 29.7.